The predicted octanol–water partition coefficient (Wildman–Crippen LogP) is 20.8. The first kappa shape index (κ1) is 60.3. The summed E-state index contributed by atoms with van der Waals surface area (Å²) in [7, 11) is 0. The Bertz CT molecular complexity index is 4010. The number of fused-ring (bicyclic) bond motifs is 6. The quantitative estimate of drug-likeness (QED) is 0.0327. The van der Waals surface area contributed by atoms with Gasteiger partial charge in [0, 0.05) is 69.1 Å². The van der Waals surface area contributed by atoms with Crippen LogP contribution in [0.15, 0.2) is 170 Å². The van der Waals surface area contributed by atoms with E-state index in [9.17, 15) is 10.5 Å². The Morgan fingerprint density at radius 3 is 1.15 bits per heavy atom. The average molecular weight is 1160 g/mol. The Labute approximate surface area is 519 Å². The molecule has 10 heteroatoms. The molecular weight excluding hydrogens is 1080 g/mol. The minimum atomic E-state index is 0.449. The highest BCUT2D eigenvalue weighted by atomic mass is 16.5. The highest BCUT2D eigenvalue weighted by Gasteiger charge is 2.18. The van der Waals surface area contributed by atoms with Gasteiger partial charge in [-0.1, -0.05) is 202 Å². The number of benzene rings is 7. The van der Waals surface area contributed by atoms with Gasteiger partial charge in [-0.15, -0.1) is 10.2 Å². The Morgan fingerprint density at radius 1 is 0.398 bits per heavy atom. The molecule has 0 radical (unpaired) electrons. The van der Waals surface area contributed by atoms with Crippen molar-refractivity contribution in [2.45, 2.75) is 144 Å². The van der Waals surface area contributed by atoms with Gasteiger partial charge in [0.2, 0.25) is 11.8 Å². The molecule has 0 aliphatic rings. The van der Waals surface area contributed by atoms with E-state index in [-0.39, 0.29) is 0 Å². The summed E-state index contributed by atoms with van der Waals surface area (Å²) in [5.41, 5.74) is 15.2. The molecule has 0 unspecified atom stereocenters. The molecule has 88 heavy (non-hydrogen) atoms. The smallest absolute Gasteiger partial charge is 0.240 e. The third kappa shape index (κ3) is 13.7. The number of aryl methyl sites for hydroxylation is 2. The molecule has 0 amide bonds. The number of rotatable bonds is 30. The summed E-state index contributed by atoms with van der Waals surface area (Å²) in [6.07, 6.45) is 25.9. The molecule has 446 valence electrons. The number of allylic oxidation sites excluding steroid dienone is 2. The lowest BCUT2D eigenvalue weighted by molar-refractivity contribution is 0.291. The summed E-state index contributed by atoms with van der Waals surface area (Å²) in [5.74, 6) is 0.947. The molecule has 0 N–H and O–H groups in total. The van der Waals surface area contributed by atoms with E-state index in [2.05, 4.69) is 182 Å². The molecule has 0 saturated carbocycles. The zero-order valence-electron chi connectivity index (χ0n) is 51.9. The van der Waals surface area contributed by atoms with Gasteiger partial charge in [-0.2, -0.15) is 10.5 Å². The SMILES string of the molecule is CCCCCCOc1nn(-c2ccc(-c3ccc4c(c3)c3ccccc3n4CCCCCC)cc2)cc1/C=C(\C#N)c1ccc(/C(C#N)=C/c2cn(-c3ccc(-c4ccc5c(c4)c4ccccc4n5CCCCCC)cc3)nc2OCCCCCC)cc1. The van der Waals surface area contributed by atoms with Crippen molar-refractivity contribution < 1.29 is 9.47 Å². The lowest BCUT2D eigenvalue weighted by atomic mass is 9.99. The maximum absolute atomic E-state index is 10.7. The molecule has 0 aliphatic carbocycles. The molecule has 7 aromatic carbocycles. The van der Waals surface area contributed by atoms with Gasteiger partial charge in [0.05, 0.1) is 59.0 Å². The molecule has 0 aliphatic heterocycles. The van der Waals surface area contributed by atoms with Crippen LogP contribution in [0.25, 0.3) is 101 Å². The summed E-state index contributed by atoms with van der Waals surface area (Å²) in [6.45, 7) is 12.0. The number of nitriles is 2. The van der Waals surface area contributed by atoms with E-state index >= 15 is 0 Å². The average Bonchev–Trinajstić information content (AvgIpc) is 1.87. The first-order valence-corrected chi connectivity index (χ1v) is 32.4. The van der Waals surface area contributed by atoms with Crippen molar-refractivity contribution in [2.24, 2.45) is 0 Å². The fourth-order valence-corrected chi connectivity index (χ4v) is 12.3. The lowest BCUT2D eigenvalue weighted by Gasteiger charge is -2.08. The highest BCUT2D eigenvalue weighted by Crippen LogP contribution is 2.37. The molecule has 11 rings (SSSR count). The molecule has 11 aromatic rings. The van der Waals surface area contributed by atoms with E-state index in [1.54, 1.807) is 0 Å². The summed E-state index contributed by atoms with van der Waals surface area (Å²) in [4.78, 5) is 0. The van der Waals surface area contributed by atoms with Crippen LogP contribution in [0, 0.1) is 22.7 Å². The van der Waals surface area contributed by atoms with E-state index in [1.807, 2.05) is 58.2 Å². The molecule has 4 aromatic heterocycles. The fraction of sp³-hybridized carbons (Fsp3) is 0.308. The van der Waals surface area contributed by atoms with Crippen molar-refractivity contribution in [2.75, 3.05) is 13.2 Å². The Morgan fingerprint density at radius 2 is 0.761 bits per heavy atom. The molecule has 0 bridgehead atoms. The fourth-order valence-electron chi connectivity index (χ4n) is 12.3. The van der Waals surface area contributed by atoms with Crippen molar-refractivity contribution in [3.63, 3.8) is 0 Å². The molecule has 4 heterocycles. The Hall–Kier alpha value is -9.38. The van der Waals surface area contributed by atoms with Crippen LogP contribution < -0.4 is 9.47 Å². The number of unbranched alkanes of at least 4 members (excludes halogenated alkanes) is 12. The standard InChI is InChI=1S/C78H82N8O2/c1-5-9-13-21-45-83-73-27-19-17-25-69(73)71-51-61(37-43-75(71)83)57-33-39-67(40-34-57)85-55-65(77(81-85)87-47-23-15-11-7-3)49-63(53-79)59-29-31-60(32-30-59)64(54-80)50-66-56-86(82-78(66)88-48-24-16-12-8-4)68-41-35-58(36-42-68)62-38-44-76-72(52-62)70-26-18-20-28-74(70)84(76)46-22-14-10-6-2/h17-20,25-44,49-52,55-56H,5-16,21-24,45-48H2,1-4H3/b63-49+,64-50+. The largest absolute Gasteiger partial charge is 0.476 e. The number of aromatic nitrogens is 6. The summed E-state index contributed by atoms with van der Waals surface area (Å²) in [5, 5.41) is 36.5. The zero-order valence-corrected chi connectivity index (χ0v) is 51.9. The van der Waals surface area contributed by atoms with Crippen LogP contribution in [0.2, 0.25) is 0 Å². The number of para-hydroxylation sites is 2. The van der Waals surface area contributed by atoms with Gasteiger partial charge in [0.1, 0.15) is 0 Å². The van der Waals surface area contributed by atoms with E-state index in [1.165, 1.54) is 95.0 Å². The van der Waals surface area contributed by atoms with Crippen molar-refractivity contribution >= 4 is 66.9 Å². The number of nitrogens with zero attached hydrogens (tertiary/aromatic N) is 8. The van der Waals surface area contributed by atoms with Crippen LogP contribution in [-0.4, -0.2) is 41.9 Å². The third-order valence-corrected chi connectivity index (χ3v) is 17.2. The minimum absolute atomic E-state index is 0.449. The molecular formula is C78H82N8O2. The summed E-state index contributed by atoms with van der Waals surface area (Å²) < 4.78 is 21.4. The summed E-state index contributed by atoms with van der Waals surface area (Å²) in [6, 6.07) is 60.7. The zero-order chi connectivity index (χ0) is 60.6. The van der Waals surface area contributed by atoms with E-state index in [0.717, 1.165) is 98.1 Å². The van der Waals surface area contributed by atoms with Crippen LogP contribution in [0.5, 0.6) is 11.8 Å². The monoisotopic (exact) mass is 1160 g/mol. The van der Waals surface area contributed by atoms with Crippen LogP contribution in [0.4, 0.5) is 0 Å². The van der Waals surface area contributed by atoms with Gasteiger partial charge in [-0.05, 0) is 132 Å². The van der Waals surface area contributed by atoms with Gasteiger partial charge in [0.15, 0.2) is 0 Å². The predicted molar refractivity (Wildman–Crippen MR) is 365 cm³/mol. The Balaban J connectivity index is 0.834. The first-order chi connectivity index (χ1) is 43.4. The Kier molecular flexibility index (Phi) is 20.1. The van der Waals surface area contributed by atoms with Crippen LogP contribution >= 0.6 is 0 Å². The van der Waals surface area contributed by atoms with Gasteiger partial charge < -0.3 is 18.6 Å². The summed E-state index contributed by atoms with van der Waals surface area (Å²) >= 11 is 0. The molecule has 0 saturated heterocycles. The second-order valence-corrected chi connectivity index (χ2v) is 23.4. The van der Waals surface area contributed by atoms with Gasteiger partial charge in [-0.3, -0.25) is 0 Å². The topological polar surface area (TPSA) is 112 Å². The first-order valence-electron chi connectivity index (χ1n) is 32.4. The maximum atomic E-state index is 10.7. The van der Waals surface area contributed by atoms with Gasteiger partial charge >= 0.3 is 0 Å². The second-order valence-electron chi connectivity index (χ2n) is 23.4. The van der Waals surface area contributed by atoms with E-state index in [0.29, 0.717) is 58.4 Å². The van der Waals surface area contributed by atoms with Crippen molar-refractivity contribution in [1.82, 2.24) is 28.7 Å². The molecule has 0 spiro atoms. The van der Waals surface area contributed by atoms with E-state index in [4.69, 9.17) is 19.7 Å². The maximum Gasteiger partial charge on any atom is 0.240 e. The normalized spacial score (nSPS) is 12.0. The van der Waals surface area contributed by atoms with Crippen LogP contribution in [-0.2, 0) is 13.1 Å². The van der Waals surface area contributed by atoms with Crippen molar-refractivity contribution in [1.29, 1.82) is 10.5 Å². The van der Waals surface area contributed by atoms with Crippen LogP contribution in [0.1, 0.15) is 153 Å². The molecule has 10 nitrogen and oxygen atoms in total. The van der Waals surface area contributed by atoms with Crippen LogP contribution in [0.3, 0.4) is 0 Å². The minimum Gasteiger partial charge on any atom is -0.476 e. The lowest BCUT2D eigenvalue weighted by Crippen LogP contribution is -2.00. The van der Waals surface area contributed by atoms with E-state index < -0.39 is 0 Å². The second kappa shape index (κ2) is 29.3. The van der Waals surface area contributed by atoms with Gasteiger partial charge in [-0.25, -0.2) is 9.36 Å². The van der Waals surface area contributed by atoms with Crippen molar-refractivity contribution in [3.8, 4) is 57.5 Å². The molecule has 0 fully saturated rings. The van der Waals surface area contributed by atoms with Gasteiger partial charge in [0.25, 0.3) is 0 Å². The number of hydrogen-bond donors (Lipinski definition) is 0. The number of ether oxygens (including phenoxy) is 2. The number of hydrogen-bond acceptors (Lipinski definition) is 6. The van der Waals surface area contributed by atoms with Crippen molar-refractivity contribution in [3.05, 3.63) is 192 Å². The highest BCUT2D eigenvalue weighted by molar-refractivity contribution is 6.10. The third-order valence-electron chi connectivity index (χ3n) is 17.2. The molecule has 0 atom stereocenters.